The third-order valence-corrected chi connectivity index (χ3v) is 21.8. The fourth-order valence-corrected chi connectivity index (χ4v) is 14.3. The van der Waals surface area contributed by atoms with Crippen molar-refractivity contribution in [1.29, 1.82) is 0 Å². The van der Waals surface area contributed by atoms with Crippen molar-refractivity contribution in [1.82, 2.24) is 60.0 Å². The number of amides is 12. The van der Waals surface area contributed by atoms with E-state index in [-0.39, 0.29) is 68.5 Å². The molecule has 0 bridgehead atoms. The van der Waals surface area contributed by atoms with Crippen LogP contribution in [0.3, 0.4) is 0 Å². The van der Waals surface area contributed by atoms with Crippen LogP contribution in [-0.4, -0.2) is 251 Å². The molecule has 0 aromatic heterocycles. The summed E-state index contributed by atoms with van der Waals surface area (Å²) in [6.07, 6.45) is -5.27. The zero-order valence-corrected chi connectivity index (χ0v) is 64.8. The van der Waals surface area contributed by atoms with Gasteiger partial charge in [-0.25, -0.2) is 8.78 Å². The van der Waals surface area contributed by atoms with Gasteiger partial charge in [-0.15, -0.1) is 0 Å². The summed E-state index contributed by atoms with van der Waals surface area (Å²) < 4.78 is 71.8. The highest BCUT2D eigenvalue weighted by Crippen LogP contribution is 2.37. The van der Waals surface area contributed by atoms with Crippen molar-refractivity contribution >= 4 is 82.5 Å². The molecule has 2 saturated heterocycles. The smallest absolute Gasteiger partial charge is 0.347 e. The molecule has 2 heterocycles. The van der Waals surface area contributed by atoms with Crippen LogP contribution in [0, 0.1) is 36.3 Å². The maximum Gasteiger partial charge on any atom is 0.417 e. The second-order valence-corrected chi connectivity index (χ2v) is 30.1. The summed E-state index contributed by atoms with van der Waals surface area (Å²) in [7, 11) is 12.1. The number of likely N-dealkylation sites (N-methyl/N-ethyl adjacent to an activating group) is 8. The van der Waals surface area contributed by atoms with E-state index in [2.05, 4.69) is 16.0 Å². The van der Waals surface area contributed by atoms with Gasteiger partial charge in [0.25, 0.3) is 0 Å². The highest BCUT2D eigenvalue weighted by atomic mass is 35.5. The molecule has 3 aromatic carbocycles. The molecule has 0 radical (unpaired) electrons. The lowest BCUT2D eigenvalue weighted by molar-refractivity contribution is -0.160. The average Bonchev–Trinajstić information content (AvgIpc) is 1.19. The third kappa shape index (κ3) is 20.5. The van der Waals surface area contributed by atoms with Crippen LogP contribution in [0.2, 0.25) is 5.02 Å². The molecule has 584 valence electrons. The predicted molar refractivity (Wildman–Crippen MR) is 387 cm³/mol. The molecule has 3 fully saturated rings. The summed E-state index contributed by atoms with van der Waals surface area (Å²) in [5.74, 6) is -13.5. The van der Waals surface area contributed by atoms with Gasteiger partial charge in [0.2, 0.25) is 70.9 Å². The topological polar surface area (TPSA) is 270 Å². The summed E-state index contributed by atoms with van der Waals surface area (Å²) in [6, 6.07) is 0.191. The van der Waals surface area contributed by atoms with Crippen LogP contribution in [0.4, 0.5) is 22.0 Å². The zero-order valence-electron chi connectivity index (χ0n) is 64.0. The molecule has 106 heavy (non-hydrogen) atoms. The molecule has 24 nitrogen and oxygen atoms in total. The zero-order chi connectivity index (χ0) is 79.5. The Balaban J connectivity index is 1.52. The van der Waals surface area contributed by atoms with E-state index >= 15 is 28.4 Å². The van der Waals surface area contributed by atoms with Gasteiger partial charge in [0.1, 0.15) is 59.9 Å². The number of alkyl halides is 3. The Kier molecular flexibility index (Phi) is 29.8. The Bertz CT molecular complexity index is 3730. The third-order valence-electron chi connectivity index (χ3n) is 21.5. The maximum atomic E-state index is 15.7. The number of hydrogen-bond acceptors (Lipinski definition) is 12. The van der Waals surface area contributed by atoms with Crippen LogP contribution >= 0.6 is 11.6 Å². The van der Waals surface area contributed by atoms with E-state index in [1.807, 2.05) is 20.8 Å². The molecule has 1 saturated carbocycles. The molecule has 2 aliphatic heterocycles. The molecule has 1 spiro atoms. The quantitative estimate of drug-likeness (QED) is 0.147. The van der Waals surface area contributed by atoms with Crippen molar-refractivity contribution in [2.24, 2.45) is 17.8 Å². The molecule has 0 unspecified atom stereocenters. The molecule has 1 aliphatic carbocycles. The lowest BCUT2D eigenvalue weighted by Gasteiger charge is -2.45. The summed E-state index contributed by atoms with van der Waals surface area (Å²) in [5.41, 5.74) is -1.33. The first-order valence-electron chi connectivity index (χ1n) is 36.2. The number of hydrogen-bond donors (Lipinski definition) is 3. The van der Waals surface area contributed by atoms with Crippen LogP contribution in [0.25, 0.3) is 0 Å². The molecule has 30 heteroatoms. The van der Waals surface area contributed by atoms with Gasteiger partial charge >= 0.3 is 6.18 Å². The Hall–Kier alpha value is -8.76. The van der Waals surface area contributed by atoms with E-state index < -0.39 is 197 Å². The number of nitrogens with one attached hydrogen (secondary N) is 3. The molecular weight excluding hydrogens is 1400 g/mol. The van der Waals surface area contributed by atoms with Crippen molar-refractivity contribution in [2.45, 2.75) is 205 Å². The summed E-state index contributed by atoms with van der Waals surface area (Å²) in [6.45, 7) is 13.3. The SMILES string of the molecule is CC[C@H](C)[C@@H]1NC(=O)[C@H](CC(C)C)N(C)C(=O)C[C@@H](C(=O)N(C)C)N(C)C(=O)[C@H]([C@@H](C)CC)N(C)C(=O)C2(CCCC2)NC(=O)[C@H](Cc2ccc(F)c(F)c2)N(C)C(=O)[C@H](CCc2ccc(C(F)(F)F)c(Cl)c2)NC(=O)CN(C)C(=O)[C@H](Cc2ccc(C)cc2)N(C)C(=O)[C@@H]2CCN2C(=O)[C@H](C)N(C)C1=O. The van der Waals surface area contributed by atoms with E-state index in [0.29, 0.717) is 24.8 Å². The van der Waals surface area contributed by atoms with Gasteiger partial charge in [-0.1, -0.05) is 121 Å². The average molecular weight is 1510 g/mol. The fraction of sp³-hybridized carbons (Fsp3) is 0.605. The number of carbonyl (C=O) groups excluding carboxylic acids is 12. The van der Waals surface area contributed by atoms with Gasteiger partial charge in [0, 0.05) is 82.8 Å². The molecule has 3 aliphatic rings. The molecular formula is C76H106ClF5N12O12. The van der Waals surface area contributed by atoms with Gasteiger partial charge in [0.15, 0.2) is 11.6 Å². The summed E-state index contributed by atoms with van der Waals surface area (Å²) in [4.78, 5) is 191. The first-order chi connectivity index (χ1) is 49.5. The van der Waals surface area contributed by atoms with E-state index in [4.69, 9.17) is 11.6 Å². The van der Waals surface area contributed by atoms with Crippen molar-refractivity contribution in [3.05, 3.63) is 105 Å². The van der Waals surface area contributed by atoms with Gasteiger partial charge in [-0.2, -0.15) is 13.2 Å². The van der Waals surface area contributed by atoms with Crippen LogP contribution < -0.4 is 16.0 Å². The number of halogens is 6. The lowest BCUT2D eigenvalue weighted by atomic mass is 9.90. The number of fused-ring (bicyclic) bond motifs is 1. The number of rotatable bonds is 14. The standard InChI is InChI=1S/C76H106ClF5N12O12/c1-18-45(6)63-72(104)88(12)47(8)67(99)94-35-32-56(94)71(103)91(15)59(39-49-24-22-44(5)23-25-49)70(102)87(11)42-61(95)83-55(31-28-48-26-29-51(52(77)37-48)76(80,81)82)68(100)90(14)58(40-50-27-30-53(78)54(79)38-50)66(98)85-75(33-20-21-34-75)74(106)93(17)64(46(7)19-2)73(105)92(16)60(69(101)86(9)10)41-62(96)89(13)57(36-43(3)4)65(97)84-63/h22-27,29-30,37-38,43,45-47,55-60,63-64H,18-21,28,31-36,39-42H2,1-17H3,(H,83,95)(H,84,97)(H,85,98)/t45-,46-,47-,55-,56-,57-,58-,59-,60-,63-,64-/m0/s1. The van der Waals surface area contributed by atoms with Crippen molar-refractivity contribution in [2.75, 3.05) is 76.5 Å². The Labute approximate surface area is 623 Å². The first-order valence-corrected chi connectivity index (χ1v) is 36.5. The van der Waals surface area contributed by atoms with Crippen molar-refractivity contribution in [3.63, 3.8) is 0 Å². The Morgan fingerprint density at radius 1 is 0.642 bits per heavy atom. The molecule has 3 N–H and O–H groups in total. The van der Waals surface area contributed by atoms with E-state index in [0.717, 1.165) is 55.5 Å². The molecule has 11 atom stereocenters. The normalized spacial score (nSPS) is 24.6. The van der Waals surface area contributed by atoms with Gasteiger partial charge < -0.3 is 60.0 Å². The largest absolute Gasteiger partial charge is 0.417 e. The highest BCUT2D eigenvalue weighted by Gasteiger charge is 2.51. The number of nitrogens with zero attached hydrogens (tertiary/aromatic N) is 9. The fourth-order valence-electron chi connectivity index (χ4n) is 14.0. The van der Waals surface area contributed by atoms with Gasteiger partial charge in [-0.05, 0) is 111 Å². The highest BCUT2D eigenvalue weighted by molar-refractivity contribution is 6.31. The van der Waals surface area contributed by atoms with E-state index in [9.17, 15) is 51.1 Å². The van der Waals surface area contributed by atoms with Crippen molar-refractivity contribution in [3.8, 4) is 0 Å². The van der Waals surface area contributed by atoms with Crippen LogP contribution in [-0.2, 0) is 83.0 Å². The molecule has 3 aromatic rings. The molecule has 6 rings (SSSR count). The number of carbonyl (C=O) groups is 12. The second-order valence-electron chi connectivity index (χ2n) is 29.6. The Morgan fingerprint density at radius 3 is 1.77 bits per heavy atom. The minimum absolute atomic E-state index is 0.0123. The van der Waals surface area contributed by atoms with E-state index in [1.54, 1.807) is 52.0 Å². The Morgan fingerprint density at radius 2 is 1.23 bits per heavy atom. The van der Waals surface area contributed by atoms with Crippen LogP contribution in [0.5, 0.6) is 0 Å². The minimum atomic E-state index is -4.84. The van der Waals surface area contributed by atoms with Gasteiger partial charge in [0.05, 0.1) is 23.6 Å². The van der Waals surface area contributed by atoms with Gasteiger partial charge in [-0.3, -0.25) is 57.5 Å². The van der Waals surface area contributed by atoms with Crippen LogP contribution in [0.15, 0.2) is 60.7 Å². The molecule has 12 amide bonds. The van der Waals surface area contributed by atoms with Crippen LogP contribution in [0.1, 0.15) is 140 Å². The summed E-state index contributed by atoms with van der Waals surface area (Å²) in [5, 5.41) is 7.76. The van der Waals surface area contributed by atoms with E-state index in [1.165, 1.54) is 101 Å². The monoisotopic (exact) mass is 1510 g/mol. The van der Waals surface area contributed by atoms with Crippen molar-refractivity contribution < 1.29 is 79.5 Å². The maximum absolute atomic E-state index is 15.7. The lowest BCUT2D eigenvalue weighted by Crippen LogP contribution is -2.65. The second kappa shape index (κ2) is 36.7. The summed E-state index contributed by atoms with van der Waals surface area (Å²) >= 11 is 6.16. The number of benzene rings is 3. The number of aryl methyl sites for hydroxylation is 2. The predicted octanol–water partition coefficient (Wildman–Crippen LogP) is 6.43. The first kappa shape index (κ1) is 86.2. The minimum Gasteiger partial charge on any atom is -0.347 e.